The second kappa shape index (κ2) is 3.78. The van der Waals surface area contributed by atoms with Gasteiger partial charge in [0.25, 0.3) is 0 Å². The third-order valence-corrected chi connectivity index (χ3v) is 2.80. The van der Waals surface area contributed by atoms with Crippen LogP contribution in [0.25, 0.3) is 0 Å². The maximum atomic E-state index is 10.5. The monoisotopic (exact) mass is 201 g/mol. The molecule has 5 nitrogen and oxygen atoms in total. The molecule has 0 aliphatic heterocycles. The van der Waals surface area contributed by atoms with Gasteiger partial charge in [0.2, 0.25) is 0 Å². The van der Waals surface area contributed by atoms with Crippen LogP contribution >= 0.6 is 11.8 Å². The predicted molar refractivity (Wildman–Crippen MR) is 48.7 cm³/mol. The summed E-state index contributed by atoms with van der Waals surface area (Å²) in [5.41, 5.74) is 0. The van der Waals surface area contributed by atoms with E-state index in [1.807, 2.05) is 14.0 Å². The van der Waals surface area contributed by atoms with Crippen molar-refractivity contribution in [2.24, 2.45) is 7.05 Å². The van der Waals surface area contributed by atoms with Crippen molar-refractivity contribution in [1.29, 1.82) is 0 Å². The zero-order valence-electron chi connectivity index (χ0n) is 7.68. The van der Waals surface area contributed by atoms with Gasteiger partial charge < -0.3 is 9.67 Å². The van der Waals surface area contributed by atoms with Crippen LogP contribution in [-0.2, 0) is 11.8 Å². The van der Waals surface area contributed by atoms with Crippen LogP contribution in [0.4, 0.5) is 0 Å². The Balaban J connectivity index is 2.74. The maximum absolute atomic E-state index is 10.5. The molecule has 0 saturated heterocycles. The number of carbonyl (C=O) groups is 1. The molecule has 1 aromatic heterocycles. The fraction of sp³-hybridized carbons (Fsp3) is 0.571. The molecular weight excluding hydrogens is 190 g/mol. The third-order valence-electron chi connectivity index (χ3n) is 1.68. The number of nitrogens with zero attached hydrogens (tertiary/aromatic N) is 3. The zero-order chi connectivity index (χ0) is 10.0. The minimum atomic E-state index is -0.842. The molecule has 0 aliphatic rings. The van der Waals surface area contributed by atoms with Crippen molar-refractivity contribution in [1.82, 2.24) is 14.8 Å². The molecule has 0 fully saturated rings. The molecule has 13 heavy (non-hydrogen) atoms. The lowest BCUT2D eigenvalue weighted by molar-refractivity contribution is -0.136. The van der Waals surface area contributed by atoms with E-state index >= 15 is 0 Å². The molecule has 0 amide bonds. The van der Waals surface area contributed by atoms with Gasteiger partial charge in [0.05, 0.1) is 0 Å². The molecule has 1 heterocycles. The van der Waals surface area contributed by atoms with Crippen molar-refractivity contribution < 1.29 is 9.90 Å². The summed E-state index contributed by atoms with van der Waals surface area (Å²) in [6.07, 6.45) is 0. The van der Waals surface area contributed by atoms with E-state index in [9.17, 15) is 4.79 Å². The first-order valence-electron chi connectivity index (χ1n) is 3.78. The fourth-order valence-electron chi connectivity index (χ4n) is 0.699. The van der Waals surface area contributed by atoms with Gasteiger partial charge in [-0.2, -0.15) is 0 Å². The first-order chi connectivity index (χ1) is 6.02. The Hall–Kier alpha value is -1.04. The van der Waals surface area contributed by atoms with Gasteiger partial charge >= 0.3 is 5.97 Å². The SMILES string of the molecule is Cc1nnc(SC(C)C(=O)O)n1C. The summed E-state index contributed by atoms with van der Waals surface area (Å²) in [5, 5.41) is 16.5. The highest BCUT2D eigenvalue weighted by molar-refractivity contribution is 8.00. The number of rotatable bonds is 3. The second-order valence-corrected chi connectivity index (χ2v) is 4.00. The highest BCUT2D eigenvalue weighted by Crippen LogP contribution is 2.20. The molecule has 72 valence electrons. The van der Waals surface area contributed by atoms with Crippen LogP contribution in [0.1, 0.15) is 12.7 Å². The van der Waals surface area contributed by atoms with Crippen molar-refractivity contribution in [3.05, 3.63) is 5.82 Å². The van der Waals surface area contributed by atoms with E-state index < -0.39 is 11.2 Å². The topological polar surface area (TPSA) is 68.0 Å². The van der Waals surface area contributed by atoms with Gasteiger partial charge in [-0.05, 0) is 13.8 Å². The number of aliphatic carboxylic acids is 1. The van der Waals surface area contributed by atoms with E-state index in [4.69, 9.17) is 5.11 Å². The fourth-order valence-corrected chi connectivity index (χ4v) is 1.49. The molecule has 0 bridgehead atoms. The smallest absolute Gasteiger partial charge is 0.316 e. The largest absolute Gasteiger partial charge is 0.480 e. The van der Waals surface area contributed by atoms with Crippen LogP contribution in [0.2, 0.25) is 0 Å². The average Bonchev–Trinajstić information content (AvgIpc) is 2.36. The van der Waals surface area contributed by atoms with Crippen LogP contribution < -0.4 is 0 Å². The first-order valence-corrected chi connectivity index (χ1v) is 4.65. The number of carboxylic acids is 1. The molecule has 1 rings (SSSR count). The summed E-state index contributed by atoms with van der Waals surface area (Å²) in [5.74, 6) is -0.0641. The molecule has 0 aromatic carbocycles. The Morgan fingerprint density at radius 3 is 2.62 bits per heavy atom. The third kappa shape index (κ3) is 2.21. The normalized spacial score (nSPS) is 12.8. The van der Waals surface area contributed by atoms with Crippen molar-refractivity contribution in [3.8, 4) is 0 Å². The molecule has 0 aliphatic carbocycles. The number of thioether (sulfide) groups is 1. The van der Waals surface area contributed by atoms with Crippen molar-refractivity contribution in [2.45, 2.75) is 24.3 Å². The molecule has 1 unspecified atom stereocenters. The summed E-state index contributed by atoms with van der Waals surface area (Å²) in [6.45, 7) is 3.44. The summed E-state index contributed by atoms with van der Waals surface area (Å²) >= 11 is 1.19. The summed E-state index contributed by atoms with van der Waals surface area (Å²) in [7, 11) is 1.81. The van der Waals surface area contributed by atoms with Gasteiger partial charge in [-0.1, -0.05) is 11.8 Å². The molecule has 1 N–H and O–H groups in total. The van der Waals surface area contributed by atoms with E-state index in [0.717, 1.165) is 5.82 Å². The molecule has 0 spiro atoms. The predicted octanol–water partition coefficient (Wildman–Crippen LogP) is 0.689. The maximum Gasteiger partial charge on any atom is 0.316 e. The van der Waals surface area contributed by atoms with E-state index in [2.05, 4.69) is 10.2 Å². The first kappa shape index (κ1) is 10.0. The zero-order valence-corrected chi connectivity index (χ0v) is 8.50. The number of aromatic nitrogens is 3. The number of carboxylic acid groups (broad SMARTS) is 1. The summed E-state index contributed by atoms with van der Waals surface area (Å²) in [6, 6.07) is 0. The highest BCUT2D eigenvalue weighted by atomic mass is 32.2. The molecular formula is C7H11N3O2S. The van der Waals surface area contributed by atoms with Crippen LogP contribution in [0.3, 0.4) is 0 Å². The van der Waals surface area contributed by atoms with Gasteiger partial charge in [0, 0.05) is 7.05 Å². The van der Waals surface area contributed by atoms with Crippen LogP contribution in [0, 0.1) is 6.92 Å². The molecule has 0 radical (unpaired) electrons. The molecule has 6 heteroatoms. The standard InChI is InChI=1S/C7H11N3O2S/c1-4(6(11)12)13-7-9-8-5(2)10(7)3/h4H,1-3H3,(H,11,12). The Bertz CT molecular complexity index is 324. The van der Waals surface area contributed by atoms with Gasteiger partial charge in [-0.3, -0.25) is 4.79 Å². The Morgan fingerprint density at radius 1 is 1.62 bits per heavy atom. The molecule has 1 aromatic rings. The lowest BCUT2D eigenvalue weighted by Gasteiger charge is -2.04. The van der Waals surface area contributed by atoms with E-state index in [-0.39, 0.29) is 0 Å². The van der Waals surface area contributed by atoms with Gasteiger partial charge in [0.15, 0.2) is 5.16 Å². The van der Waals surface area contributed by atoms with Crippen LogP contribution in [-0.4, -0.2) is 31.1 Å². The van der Waals surface area contributed by atoms with Crippen molar-refractivity contribution in [2.75, 3.05) is 0 Å². The molecule has 0 saturated carbocycles. The highest BCUT2D eigenvalue weighted by Gasteiger charge is 2.16. The van der Waals surface area contributed by atoms with Crippen LogP contribution in [0.15, 0.2) is 5.16 Å². The van der Waals surface area contributed by atoms with E-state index in [1.54, 1.807) is 11.5 Å². The quantitative estimate of drug-likeness (QED) is 0.729. The minimum absolute atomic E-state index is 0.498. The average molecular weight is 201 g/mol. The van der Waals surface area contributed by atoms with Crippen molar-refractivity contribution >= 4 is 17.7 Å². The van der Waals surface area contributed by atoms with Crippen LogP contribution in [0.5, 0.6) is 0 Å². The summed E-state index contributed by atoms with van der Waals surface area (Å²) in [4.78, 5) is 10.5. The Labute approximate surface area is 80.2 Å². The van der Waals surface area contributed by atoms with E-state index in [1.165, 1.54) is 11.8 Å². The Kier molecular flexibility index (Phi) is 2.92. The van der Waals surface area contributed by atoms with Gasteiger partial charge in [-0.15, -0.1) is 10.2 Å². The number of aryl methyl sites for hydroxylation is 1. The molecule has 1 atom stereocenters. The van der Waals surface area contributed by atoms with Crippen molar-refractivity contribution in [3.63, 3.8) is 0 Å². The summed E-state index contributed by atoms with van der Waals surface area (Å²) < 4.78 is 1.77. The lowest BCUT2D eigenvalue weighted by Crippen LogP contribution is -2.12. The van der Waals surface area contributed by atoms with Gasteiger partial charge in [0.1, 0.15) is 11.1 Å². The van der Waals surface area contributed by atoms with Gasteiger partial charge in [-0.25, -0.2) is 0 Å². The second-order valence-electron chi connectivity index (χ2n) is 2.69. The number of hydrogen-bond acceptors (Lipinski definition) is 4. The Morgan fingerprint density at radius 2 is 2.23 bits per heavy atom. The number of hydrogen-bond donors (Lipinski definition) is 1. The lowest BCUT2D eigenvalue weighted by atomic mass is 10.5. The minimum Gasteiger partial charge on any atom is -0.480 e. The van der Waals surface area contributed by atoms with E-state index in [0.29, 0.717) is 5.16 Å².